The van der Waals surface area contributed by atoms with E-state index in [1.807, 2.05) is 0 Å². The first kappa shape index (κ1) is 28.0. The predicted octanol–water partition coefficient (Wildman–Crippen LogP) is 4.68. The van der Waals surface area contributed by atoms with Gasteiger partial charge in [-0.05, 0) is 31.2 Å². The van der Waals surface area contributed by atoms with Gasteiger partial charge in [-0.2, -0.15) is 26.3 Å². The summed E-state index contributed by atoms with van der Waals surface area (Å²) in [6.45, 7) is 6.14. The zero-order chi connectivity index (χ0) is 26.6. The van der Waals surface area contributed by atoms with Crippen molar-refractivity contribution in [2.24, 2.45) is 11.8 Å². The number of rotatable bonds is 5. The van der Waals surface area contributed by atoms with Gasteiger partial charge in [0.1, 0.15) is 12.7 Å². The zero-order valence-electron chi connectivity index (χ0n) is 18.8. The van der Waals surface area contributed by atoms with E-state index < -0.39 is 60.9 Å². The Hall–Kier alpha value is -3.25. The molecule has 7 nitrogen and oxygen atoms in total. The Morgan fingerprint density at radius 1 is 1.06 bits per heavy atom. The number of benzene rings is 1. The number of hydrogen-bond acceptors (Lipinski definition) is 5. The lowest BCUT2D eigenvalue weighted by atomic mass is 9.74. The van der Waals surface area contributed by atoms with E-state index in [1.165, 1.54) is 19.3 Å². The maximum atomic E-state index is 13.0. The van der Waals surface area contributed by atoms with Crippen LogP contribution >= 0.6 is 0 Å². The maximum Gasteiger partial charge on any atom is 0.490 e. The Balaban J connectivity index is 2.45. The molecule has 1 fully saturated rings. The number of hydrazine groups is 1. The van der Waals surface area contributed by atoms with Gasteiger partial charge in [0.2, 0.25) is 0 Å². The van der Waals surface area contributed by atoms with Gasteiger partial charge in [-0.1, -0.05) is 49.4 Å². The summed E-state index contributed by atoms with van der Waals surface area (Å²) >= 11 is 0. The van der Waals surface area contributed by atoms with Gasteiger partial charge < -0.3 is 9.47 Å². The average molecular weight is 510 g/mol. The molecule has 0 unspecified atom stereocenters. The number of halogens is 6. The number of amides is 2. The van der Waals surface area contributed by atoms with Crippen molar-refractivity contribution in [2.45, 2.75) is 57.8 Å². The summed E-state index contributed by atoms with van der Waals surface area (Å²) in [6, 6.07) is 6.38. The molecule has 4 atom stereocenters. The highest BCUT2D eigenvalue weighted by molar-refractivity contribution is 5.84. The van der Waals surface area contributed by atoms with Crippen molar-refractivity contribution in [2.75, 3.05) is 0 Å². The standard InChI is InChI=1S/C22H24F6N2O5/c1-12(2)15-10-9-13(3)16(17(15)35-19(32)22(26,27)28)30(29-18(31)21(23,24)25)20(33)34-11-14-7-5-4-6-8-14/h4-8,13,15-17H,1,9-11H2,2-3H3,(H,29,31)/t13-,15+,16+,17+/m0/s1. The quantitative estimate of drug-likeness (QED) is 0.269. The lowest BCUT2D eigenvalue weighted by Crippen LogP contribution is -2.63. The summed E-state index contributed by atoms with van der Waals surface area (Å²) in [5.41, 5.74) is 2.12. The topological polar surface area (TPSA) is 84.9 Å². The summed E-state index contributed by atoms with van der Waals surface area (Å²) in [7, 11) is 0. The number of nitrogens with zero attached hydrogens (tertiary/aromatic N) is 1. The third-order valence-corrected chi connectivity index (χ3v) is 5.54. The Labute approximate surface area is 197 Å². The minimum atomic E-state index is -5.43. The van der Waals surface area contributed by atoms with Crippen LogP contribution in [0.4, 0.5) is 31.1 Å². The fraction of sp³-hybridized carbons (Fsp3) is 0.500. The normalized spacial score (nSPS) is 22.6. The molecule has 0 saturated heterocycles. The van der Waals surface area contributed by atoms with Crippen molar-refractivity contribution in [3.8, 4) is 0 Å². The lowest BCUT2D eigenvalue weighted by Gasteiger charge is -2.45. The second kappa shape index (κ2) is 11.0. The molecule has 0 bridgehead atoms. The van der Waals surface area contributed by atoms with Crippen molar-refractivity contribution >= 4 is 18.0 Å². The van der Waals surface area contributed by atoms with Gasteiger partial charge in [0, 0.05) is 5.92 Å². The maximum absolute atomic E-state index is 13.0. The summed E-state index contributed by atoms with van der Waals surface area (Å²) in [4.78, 5) is 36.2. The van der Waals surface area contributed by atoms with Crippen LogP contribution in [0.3, 0.4) is 0 Å². The van der Waals surface area contributed by atoms with E-state index in [2.05, 4.69) is 11.3 Å². The Bertz CT molecular complexity index is 935. The third kappa shape index (κ3) is 7.36. The minimum Gasteiger partial charge on any atom is -0.453 e. The van der Waals surface area contributed by atoms with E-state index in [4.69, 9.17) is 4.74 Å². The fourth-order valence-corrected chi connectivity index (χ4v) is 3.81. The van der Waals surface area contributed by atoms with Crippen molar-refractivity contribution in [3.63, 3.8) is 0 Å². The minimum absolute atomic E-state index is 0.160. The monoisotopic (exact) mass is 510 g/mol. The lowest BCUT2D eigenvalue weighted by molar-refractivity contribution is -0.214. The van der Waals surface area contributed by atoms with Crippen molar-refractivity contribution in [1.82, 2.24) is 10.4 Å². The first-order chi connectivity index (χ1) is 16.1. The van der Waals surface area contributed by atoms with Crippen LogP contribution in [-0.2, 0) is 25.7 Å². The molecule has 35 heavy (non-hydrogen) atoms. The summed E-state index contributed by atoms with van der Waals surface area (Å²) in [5, 5.41) is 0.160. The second-order valence-corrected chi connectivity index (χ2v) is 8.21. The highest BCUT2D eigenvalue weighted by Crippen LogP contribution is 2.39. The number of carbonyl (C=O) groups excluding carboxylic acids is 3. The summed E-state index contributed by atoms with van der Waals surface area (Å²) in [5.74, 6) is -6.88. The number of carbonyl (C=O) groups is 3. The number of nitrogens with one attached hydrogen (secondary N) is 1. The van der Waals surface area contributed by atoms with Crippen molar-refractivity contribution in [1.29, 1.82) is 0 Å². The van der Waals surface area contributed by atoms with Crippen LogP contribution in [0.25, 0.3) is 0 Å². The fourth-order valence-electron chi connectivity index (χ4n) is 3.81. The molecule has 1 aliphatic carbocycles. The molecule has 0 spiro atoms. The molecule has 13 heteroatoms. The van der Waals surface area contributed by atoms with Gasteiger partial charge in [0.15, 0.2) is 0 Å². The first-order valence-electron chi connectivity index (χ1n) is 10.4. The average Bonchev–Trinajstić information content (AvgIpc) is 2.75. The molecule has 0 aliphatic heterocycles. The second-order valence-electron chi connectivity index (χ2n) is 8.21. The Morgan fingerprint density at radius 2 is 1.66 bits per heavy atom. The van der Waals surface area contributed by atoms with Crippen LogP contribution in [-0.4, -0.2) is 47.5 Å². The van der Waals surface area contributed by atoms with E-state index in [1.54, 1.807) is 30.3 Å². The van der Waals surface area contributed by atoms with Gasteiger partial charge in [-0.15, -0.1) is 0 Å². The number of hydrogen-bond donors (Lipinski definition) is 1. The number of alkyl halides is 6. The van der Waals surface area contributed by atoms with E-state index in [-0.39, 0.29) is 23.4 Å². The molecule has 0 radical (unpaired) electrons. The van der Waals surface area contributed by atoms with E-state index in [9.17, 15) is 40.7 Å². The smallest absolute Gasteiger partial charge is 0.453 e. The Kier molecular flexibility index (Phi) is 8.79. The van der Waals surface area contributed by atoms with Gasteiger partial charge in [0.05, 0.1) is 6.04 Å². The highest BCUT2D eigenvalue weighted by Gasteiger charge is 2.51. The SMILES string of the molecule is C=C(C)[C@H]1CC[C@H](C)[C@@H](N(NC(=O)C(F)(F)F)C(=O)OCc2ccccc2)[C@@H]1OC(=O)C(F)(F)F. The molecule has 1 aromatic rings. The highest BCUT2D eigenvalue weighted by atomic mass is 19.4. The number of esters is 1. The van der Waals surface area contributed by atoms with Crippen molar-refractivity contribution < 1.29 is 50.2 Å². The molecule has 1 aliphatic rings. The van der Waals surface area contributed by atoms with E-state index in [0.717, 1.165) is 0 Å². The number of ether oxygens (including phenoxy) is 2. The van der Waals surface area contributed by atoms with E-state index >= 15 is 0 Å². The van der Waals surface area contributed by atoms with Crippen LogP contribution in [0.1, 0.15) is 32.3 Å². The van der Waals surface area contributed by atoms with Crippen LogP contribution < -0.4 is 5.43 Å². The largest absolute Gasteiger partial charge is 0.490 e. The van der Waals surface area contributed by atoms with Crippen LogP contribution in [0.5, 0.6) is 0 Å². The molecule has 1 aromatic carbocycles. The summed E-state index contributed by atoms with van der Waals surface area (Å²) < 4.78 is 87.7. The molecule has 1 N–H and O–H groups in total. The van der Waals surface area contributed by atoms with Gasteiger partial charge in [-0.25, -0.2) is 14.6 Å². The van der Waals surface area contributed by atoms with Crippen LogP contribution in [0.15, 0.2) is 42.5 Å². The van der Waals surface area contributed by atoms with Crippen molar-refractivity contribution in [3.05, 3.63) is 48.0 Å². The Morgan fingerprint density at radius 3 is 2.17 bits per heavy atom. The molecule has 1 saturated carbocycles. The first-order valence-corrected chi connectivity index (χ1v) is 10.4. The van der Waals surface area contributed by atoms with Crippen LogP contribution in [0, 0.1) is 11.8 Å². The third-order valence-electron chi connectivity index (χ3n) is 5.54. The predicted molar refractivity (Wildman–Crippen MR) is 109 cm³/mol. The summed E-state index contributed by atoms with van der Waals surface area (Å²) in [6.07, 6.45) is -13.7. The molecule has 0 heterocycles. The molecule has 194 valence electrons. The molecular weight excluding hydrogens is 486 g/mol. The molecule has 2 amide bonds. The molecule has 2 rings (SSSR count). The van der Waals surface area contributed by atoms with Gasteiger partial charge in [0.25, 0.3) is 0 Å². The van der Waals surface area contributed by atoms with E-state index in [0.29, 0.717) is 5.56 Å². The van der Waals surface area contributed by atoms with Crippen LogP contribution in [0.2, 0.25) is 0 Å². The van der Waals surface area contributed by atoms with Gasteiger partial charge in [-0.3, -0.25) is 10.2 Å². The van der Waals surface area contributed by atoms with Gasteiger partial charge >= 0.3 is 30.3 Å². The molecular formula is C22H24F6N2O5. The molecule has 0 aromatic heterocycles. The zero-order valence-corrected chi connectivity index (χ0v) is 18.8.